The zero-order valence-electron chi connectivity index (χ0n) is 11.1. The predicted molar refractivity (Wildman–Crippen MR) is 73.5 cm³/mol. The quantitative estimate of drug-likeness (QED) is 0.784. The van der Waals surface area contributed by atoms with Crippen LogP contribution in [0, 0.1) is 0 Å². The molecule has 0 saturated carbocycles. The molecule has 104 valence electrons. The summed E-state index contributed by atoms with van der Waals surface area (Å²) < 4.78 is 10.2. The van der Waals surface area contributed by atoms with Crippen LogP contribution in [0.3, 0.4) is 0 Å². The molecule has 0 aliphatic carbocycles. The van der Waals surface area contributed by atoms with Gasteiger partial charge in [-0.3, -0.25) is 0 Å². The maximum Gasteiger partial charge on any atom is 0.339 e. The first kappa shape index (κ1) is 13.8. The van der Waals surface area contributed by atoms with Crippen LogP contribution < -0.4 is 10.6 Å². The molecule has 1 aliphatic heterocycles. The molecule has 1 atom stereocenters. The van der Waals surface area contributed by atoms with Crippen LogP contribution in [0.5, 0.6) is 0 Å². The van der Waals surface area contributed by atoms with Gasteiger partial charge in [0.25, 0.3) is 0 Å². The van der Waals surface area contributed by atoms with E-state index in [4.69, 9.17) is 9.47 Å². The molecule has 1 aromatic carbocycles. The van der Waals surface area contributed by atoms with Crippen molar-refractivity contribution in [3.05, 3.63) is 29.8 Å². The van der Waals surface area contributed by atoms with Crippen LogP contribution in [0.25, 0.3) is 0 Å². The molecule has 1 fully saturated rings. The summed E-state index contributed by atoms with van der Waals surface area (Å²) >= 11 is 0. The molecule has 5 nitrogen and oxygen atoms in total. The second-order valence-corrected chi connectivity index (χ2v) is 4.48. The van der Waals surface area contributed by atoms with E-state index < -0.39 is 0 Å². The Balaban J connectivity index is 1.86. The van der Waals surface area contributed by atoms with Gasteiger partial charge in [-0.15, -0.1) is 0 Å². The van der Waals surface area contributed by atoms with Gasteiger partial charge in [0.2, 0.25) is 0 Å². The van der Waals surface area contributed by atoms with Gasteiger partial charge in [-0.25, -0.2) is 4.79 Å². The van der Waals surface area contributed by atoms with Crippen molar-refractivity contribution in [1.29, 1.82) is 0 Å². The van der Waals surface area contributed by atoms with Crippen molar-refractivity contribution >= 4 is 11.7 Å². The second-order valence-electron chi connectivity index (χ2n) is 4.48. The van der Waals surface area contributed by atoms with Crippen molar-refractivity contribution in [2.24, 2.45) is 0 Å². The highest BCUT2D eigenvalue weighted by atomic mass is 16.5. The summed E-state index contributed by atoms with van der Waals surface area (Å²) in [7, 11) is 1.39. The number of anilines is 1. The van der Waals surface area contributed by atoms with E-state index in [1.165, 1.54) is 7.11 Å². The summed E-state index contributed by atoms with van der Waals surface area (Å²) in [5, 5.41) is 6.68. The molecule has 1 aromatic rings. The van der Waals surface area contributed by atoms with Crippen molar-refractivity contribution in [3.8, 4) is 0 Å². The molecule has 0 aromatic heterocycles. The second kappa shape index (κ2) is 7.11. The van der Waals surface area contributed by atoms with E-state index in [0.29, 0.717) is 11.6 Å². The lowest BCUT2D eigenvalue weighted by Gasteiger charge is -2.24. The highest BCUT2D eigenvalue weighted by Gasteiger charge is 2.14. The molecule has 1 saturated heterocycles. The Morgan fingerprint density at radius 3 is 3.11 bits per heavy atom. The molecule has 0 radical (unpaired) electrons. The Labute approximate surface area is 113 Å². The first-order valence-corrected chi connectivity index (χ1v) is 6.53. The van der Waals surface area contributed by atoms with Crippen LogP contribution in [0.15, 0.2) is 24.3 Å². The number of nitrogens with one attached hydrogen (secondary N) is 2. The van der Waals surface area contributed by atoms with E-state index in [9.17, 15) is 4.79 Å². The Morgan fingerprint density at radius 2 is 2.37 bits per heavy atom. The number of benzene rings is 1. The number of morpholine rings is 1. The fraction of sp³-hybridized carbons (Fsp3) is 0.500. The highest BCUT2D eigenvalue weighted by molar-refractivity contribution is 5.95. The average Bonchev–Trinajstić information content (AvgIpc) is 2.48. The zero-order chi connectivity index (χ0) is 13.5. The molecule has 0 amide bonds. The Bertz CT molecular complexity index is 417. The molecule has 2 rings (SSSR count). The molecule has 19 heavy (non-hydrogen) atoms. The number of hydrogen-bond acceptors (Lipinski definition) is 5. The summed E-state index contributed by atoms with van der Waals surface area (Å²) in [6, 6.07) is 7.75. The first-order valence-electron chi connectivity index (χ1n) is 6.53. The number of para-hydroxylation sites is 1. The number of hydrogen-bond donors (Lipinski definition) is 2. The van der Waals surface area contributed by atoms with Gasteiger partial charge < -0.3 is 20.1 Å². The van der Waals surface area contributed by atoms with Gasteiger partial charge in [-0.1, -0.05) is 12.1 Å². The maximum absolute atomic E-state index is 11.6. The molecule has 1 unspecified atom stereocenters. The normalized spacial score (nSPS) is 18.9. The van der Waals surface area contributed by atoms with Gasteiger partial charge in [-0.05, 0) is 18.6 Å². The molecule has 1 heterocycles. The fourth-order valence-electron chi connectivity index (χ4n) is 2.11. The van der Waals surface area contributed by atoms with Crippen molar-refractivity contribution in [3.63, 3.8) is 0 Å². The van der Waals surface area contributed by atoms with Crippen molar-refractivity contribution in [2.45, 2.75) is 12.5 Å². The minimum absolute atomic E-state index is 0.317. The number of carbonyl (C=O) groups excluding carboxylic acids is 1. The van der Waals surface area contributed by atoms with Crippen LogP contribution >= 0.6 is 0 Å². The SMILES string of the molecule is COC(=O)c1ccccc1NCCC1COCCN1. The summed E-state index contributed by atoms with van der Waals surface area (Å²) in [5.74, 6) is -0.317. The van der Waals surface area contributed by atoms with E-state index >= 15 is 0 Å². The molecule has 0 bridgehead atoms. The van der Waals surface area contributed by atoms with E-state index in [1.54, 1.807) is 6.07 Å². The smallest absolute Gasteiger partial charge is 0.339 e. The standard InChI is InChI=1S/C14H20N2O3/c1-18-14(17)12-4-2-3-5-13(12)16-7-6-11-10-19-9-8-15-11/h2-5,11,15-16H,6-10H2,1H3. The van der Waals surface area contributed by atoms with Crippen molar-refractivity contribution in [2.75, 3.05) is 38.7 Å². The molecule has 2 N–H and O–H groups in total. The molecule has 0 spiro atoms. The summed E-state index contributed by atoms with van der Waals surface area (Å²) in [4.78, 5) is 11.6. The van der Waals surface area contributed by atoms with E-state index in [0.717, 1.165) is 38.4 Å². The lowest BCUT2D eigenvalue weighted by atomic mass is 10.1. The Hall–Kier alpha value is -1.59. The predicted octanol–water partition coefficient (Wildman–Crippen LogP) is 1.26. The average molecular weight is 264 g/mol. The van der Waals surface area contributed by atoms with Gasteiger partial charge in [0.05, 0.1) is 25.9 Å². The Morgan fingerprint density at radius 1 is 1.53 bits per heavy atom. The van der Waals surface area contributed by atoms with Gasteiger partial charge in [0.1, 0.15) is 0 Å². The van der Waals surface area contributed by atoms with Gasteiger partial charge in [-0.2, -0.15) is 0 Å². The minimum Gasteiger partial charge on any atom is -0.465 e. The Kier molecular flexibility index (Phi) is 5.18. The van der Waals surface area contributed by atoms with Crippen molar-refractivity contribution in [1.82, 2.24) is 5.32 Å². The third kappa shape index (κ3) is 3.94. The number of rotatable bonds is 5. The van der Waals surface area contributed by atoms with Crippen LogP contribution in [0.4, 0.5) is 5.69 Å². The van der Waals surface area contributed by atoms with Crippen LogP contribution in [-0.4, -0.2) is 45.4 Å². The maximum atomic E-state index is 11.6. The third-order valence-corrected chi connectivity index (χ3v) is 3.14. The van der Waals surface area contributed by atoms with Gasteiger partial charge in [0.15, 0.2) is 0 Å². The van der Waals surface area contributed by atoms with Crippen LogP contribution in [-0.2, 0) is 9.47 Å². The summed E-state index contributed by atoms with van der Waals surface area (Å²) in [6.07, 6.45) is 0.954. The largest absolute Gasteiger partial charge is 0.465 e. The van der Waals surface area contributed by atoms with Gasteiger partial charge >= 0.3 is 5.97 Å². The van der Waals surface area contributed by atoms with Crippen molar-refractivity contribution < 1.29 is 14.3 Å². The van der Waals surface area contributed by atoms with E-state index in [1.807, 2.05) is 18.2 Å². The summed E-state index contributed by atoms with van der Waals surface area (Å²) in [6.45, 7) is 3.23. The lowest BCUT2D eigenvalue weighted by molar-refractivity contribution is 0.0601. The number of carbonyl (C=O) groups is 1. The van der Waals surface area contributed by atoms with Crippen LogP contribution in [0.1, 0.15) is 16.8 Å². The first-order chi connectivity index (χ1) is 9.31. The number of esters is 1. The molecular weight excluding hydrogens is 244 g/mol. The fourth-order valence-corrected chi connectivity index (χ4v) is 2.11. The summed E-state index contributed by atoms with van der Waals surface area (Å²) in [5.41, 5.74) is 1.38. The molecule has 5 heteroatoms. The topological polar surface area (TPSA) is 59.6 Å². The number of methoxy groups -OCH3 is 1. The lowest BCUT2D eigenvalue weighted by Crippen LogP contribution is -2.42. The van der Waals surface area contributed by atoms with E-state index in [-0.39, 0.29) is 5.97 Å². The van der Waals surface area contributed by atoms with Gasteiger partial charge in [0, 0.05) is 24.8 Å². The minimum atomic E-state index is -0.317. The third-order valence-electron chi connectivity index (χ3n) is 3.14. The molecular formula is C14H20N2O3. The van der Waals surface area contributed by atoms with E-state index in [2.05, 4.69) is 10.6 Å². The zero-order valence-corrected chi connectivity index (χ0v) is 11.1. The monoisotopic (exact) mass is 264 g/mol. The highest BCUT2D eigenvalue weighted by Crippen LogP contribution is 2.16. The number of ether oxygens (including phenoxy) is 2. The molecule has 1 aliphatic rings. The van der Waals surface area contributed by atoms with Crippen LogP contribution in [0.2, 0.25) is 0 Å².